The van der Waals surface area contributed by atoms with Crippen LogP contribution < -0.4 is 11.1 Å². The highest BCUT2D eigenvalue weighted by atomic mass is 35.5. The van der Waals surface area contributed by atoms with E-state index in [-0.39, 0.29) is 10.9 Å². The second-order valence-electron chi connectivity index (χ2n) is 4.81. The van der Waals surface area contributed by atoms with Crippen molar-refractivity contribution in [1.82, 2.24) is 0 Å². The van der Waals surface area contributed by atoms with Crippen molar-refractivity contribution in [1.29, 1.82) is 0 Å². The Balaban J connectivity index is 2.82. The molecule has 0 atom stereocenters. The summed E-state index contributed by atoms with van der Waals surface area (Å²) < 4.78 is 5.10. The number of benzene rings is 1. The van der Waals surface area contributed by atoms with E-state index in [1.54, 1.807) is 26.8 Å². The number of nitrogens with zero attached hydrogens (tertiary/aromatic N) is 1. The van der Waals surface area contributed by atoms with Gasteiger partial charge < -0.3 is 15.7 Å². The Morgan fingerprint density at radius 3 is 2.58 bits per heavy atom. The zero-order valence-electron chi connectivity index (χ0n) is 10.9. The molecule has 0 saturated heterocycles. The minimum Gasteiger partial charge on any atom is -0.444 e. The minimum absolute atomic E-state index is 0.103. The lowest BCUT2D eigenvalue weighted by Gasteiger charge is -2.19. The Morgan fingerprint density at radius 1 is 1.47 bits per heavy atom. The molecule has 1 aromatic carbocycles. The summed E-state index contributed by atoms with van der Waals surface area (Å²) in [5.74, 6) is -0.103. The largest absolute Gasteiger partial charge is 0.444 e. The van der Waals surface area contributed by atoms with E-state index < -0.39 is 11.7 Å². The lowest BCUT2D eigenvalue weighted by Crippen LogP contribution is -2.27. The third-order valence-corrected chi connectivity index (χ3v) is 2.31. The fourth-order valence-corrected chi connectivity index (χ4v) is 1.55. The summed E-state index contributed by atoms with van der Waals surface area (Å²) in [4.78, 5) is 11.5. The maximum absolute atomic E-state index is 11.5. The average Bonchev–Trinajstić information content (AvgIpc) is 2.25. The molecule has 7 heteroatoms. The van der Waals surface area contributed by atoms with E-state index in [1.165, 1.54) is 12.1 Å². The van der Waals surface area contributed by atoms with Crippen LogP contribution in [0.1, 0.15) is 26.3 Å². The van der Waals surface area contributed by atoms with Gasteiger partial charge in [-0.2, -0.15) is 0 Å². The second-order valence-corrected chi connectivity index (χ2v) is 5.21. The Morgan fingerprint density at radius 2 is 2.11 bits per heavy atom. The van der Waals surface area contributed by atoms with Crippen molar-refractivity contribution in [2.24, 2.45) is 10.9 Å². The molecule has 19 heavy (non-hydrogen) atoms. The van der Waals surface area contributed by atoms with Crippen LogP contribution in [0.3, 0.4) is 0 Å². The van der Waals surface area contributed by atoms with E-state index in [9.17, 15) is 4.79 Å². The number of carbonyl (C=O) groups excluding carboxylic acids is 1. The maximum atomic E-state index is 11.5. The molecule has 6 nitrogen and oxygen atoms in total. The number of hydrogen-bond donors (Lipinski definition) is 3. The number of ether oxygens (including phenoxy) is 1. The molecule has 104 valence electrons. The van der Waals surface area contributed by atoms with Crippen LogP contribution in [0.5, 0.6) is 0 Å². The summed E-state index contributed by atoms with van der Waals surface area (Å²) >= 11 is 5.96. The Kier molecular flexibility index (Phi) is 4.61. The topological polar surface area (TPSA) is 96.9 Å². The van der Waals surface area contributed by atoms with Crippen molar-refractivity contribution in [3.63, 3.8) is 0 Å². The predicted molar refractivity (Wildman–Crippen MR) is 73.8 cm³/mol. The molecule has 4 N–H and O–H groups in total. The number of amides is 1. The first-order valence-electron chi connectivity index (χ1n) is 5.50. The number of halogens is 1. The summed E-state index contributed by atoms with van der Waals surface area (Å²) in [6.45, 7) is 5.29. The predicted octanol–water partition coefficient (Wildman–Crippen LogP) is 2.78. The number of carbonyl (C=O) groups is 1. The molecule has 1 aromatic rings. The van der Waals surface area contributed by atoms with Gasteiger partial charge in [0, 0.05) is 11.3 Å². The van der Waals surface area contributed by atoms with Crippen molar-refractivity contribution in [3.8, 4) is 0 Å². The molecule has 0 bridgehead atoms. The highest BCUT2D eigenvalue weighted by Gasteiger charge is 2.16. The molecule has 0 heterocycles. The first-order chi connectivity index (χ1) is 8.73. The van der Waals surface area contributed by atoms with Crippen LogP contribution in [0.4, 0.5) is 10.5 Å². The van der Waals surface area contributed by atoms with E-state index >= 15 is 0 Å². The van der Waals surface area contributed by atoms with Crippen LogP contribution in [-0.2, 0) is 4.74 Å². The summed E-state index contributed by atoms with van der Waals surface area (Å²) in [6.07, 6.45) is -0.583. The summed E-state index contributed by atoms with van der Waals surface area (Å²) in [7, 11) is 0. The van der Waals surface area contributed by atoms with Crippen molar-refractivity contribution in [3.05, 3.63) is 28.8 Å². The lowest BCUT2D eigenvalue weighted by molar-refractivity contribution is 0.0636. The number of amidine groups is 1. The van der Waals surface area contributed by atoms with Gasteiger partial charge in [0.05, 0.1) is 5.02 Å². The fourth-order valence-electron chi connectivity index (χ4n) is 1.28. The molecule has 0 spiro atoms. The highest BCUT2D eigenvalue weighted by Crippen LogP contribution is 2.21. The molecular formula is C12H16ClN3O3. The average molecular weight is 286 g/mol. The SMILES string of the molecule is CC(C)(C)OC(=O)Nc1ccc(C(N)=NO)c(Cl)c1. The summed E-state index contributed by atoms with van der Waals surface area (Å²) in [6, 6.07) is 4.59. The third-order valence-electron chi connectivity index (χ3n) is 2.00. The van der Waals surface area contributed by atoms with Crippen LogP contribution >= 0.6 is 11.6 Å². The quantitative estimate of drug-likeness (QED) is 0.337. The molecule has 0 aliphatic heterocycles. The molecule has 1 rings (SSSR count). The van der Waals surface area contributed by atoms with Gasteiger partial charge >= 0.3 is 6.09 Å². The van der Waals surface area contributed by atoms with Crippen LogP contribution in [0.2, 0.25) is 5.02 Å². The van der Waals surface area contributed by atoms with Gasteiger partial charge in [0.1, 0.15) is 5.60 Å². The van der Waals surface area contributed by atoms with E-state index in [1.807, 2.05) is 0 Å². The van der Waals surface area contributed by atoms with E-state index in [2.05, 4.69) is 10.5 Å². The van der Waals surface area contributed by atoms with Crippen molar-refractivity contribution >= 4 is 29.2 Å². The molecular weight excluding hydrogens is 270 g/mol. The standard InChI is InChI=1S/C12H16ClN3O3/c1-12(2,3)19-11(17)15-7-4-5-8(9(13)6-7)10(14)16-18/h4-6,18H,1-3H3,(H2,14,16)(H,15,17). The zero-order chi connectivity index (χ0) is 14.6. The van der Waals surface area contributed by atoms with Crippen molar-refractivity contribution < 1.29 is 14.7 Å². The summed E-state index contributed by atoms with van der Waals surface area (Å²) in [5.41, 5.74) is 5.68. The van der Waals surface area contributed by atoms with E-state index in [4.69, 9.17) is 27.3 Å². The smallest absolute Gasteiger partial charge is 0.412 e. The molecule has 0 aliphatic carbocycles. The van der Waals surface area contributed by atoms with E-state index in [0.29, 0.717) is 11.3 Å². The van der Waals surface area contributed by atoms with Gasteiger partial charge in [-0.15, -0.1) is 0 Å². The van der Waals surface area contributed by atoms with Gasteiger partial charge in [-0.25, -0.2) is 4.79 Å². The van der Waals surface area contributed by atoms with Crippen LogP contribution in [-0.4, -0.2) is 22.7 Å². The van der Waals surface area contributed by atoms with Gasteiger partial charge in [0.25, 0.3) is 0 Å². The van der Waals surface area contributed by atoms with Gasteiger partial charge in [-0.3, -0.25) is 5.32 Å². The Labute approximate surface area is 116 Å². The number of nitrogens with one attached hydrogen (secondary N) is 1. The fraction of sp³-hybridized carbons (Fsp3) is 0.333. The molecule has 0 unspecified atom stereocenters. The molecule has 0 fully saturated rings. The molecule has 0 radical (unpaired) electrons. The molecule has 0 aliphatic rings. The second kappa shape index (κ2) is 5.79. The number of nitrogens with two attached hydrogens (primary N) is 1. The molecule has 1 amide bonds. The van der Waals surface area contributed by atoms with E-state index in [0.717, 1.165) is 0 Å². The van der Waals surface area contributed by atoms with Crippen molar-refractivity contribution in [2.45, 2.75) is 26.4 Å². The van der Waals surface area contributed by atoms with Gasteiger partial charge in [-0.1, -0.05) is 16.8 Å². The van der Waals surface area contributed by atoms with Gasteiger partial charge in [-0.05, 0) is 39.0 Å². The summed E-state index contributed by atoms with van der Waals surface area (Å²) in [5, 5.41) is 14.2. The first kappa shape index (κ1) is 15.1. The maximum Gasteiger partial charge on any atom is 0.412 e. The van der Waals surface area contributed by atoms with Crippen LogP contribution in [0, 0.1) is 0 Å². The Hall–Kier alpha value is -1.95. The van der Waals surface area contributed by atoms with Crippen LogP contribution in [0.25, 0.3) is 0 Å². The normalized spacial score (nSPS) is 12.1. The van der Waals surface area contributed by atoms with Gasteiger partial charge in [0.2, 0.25) is 0 Å². The molecule has 0 aromatic heterocycles. The zero-order valence-corrected chi connectivity index (χ0v) is 11.7. The minimum atomic E-state index is -0.583. The molecule has 0 saturated carbocycles. The Bertz CT molecular complexity index is 509. The number of oxime groups is 1. The number of anilines is 1. The number of hydrogen-bond acceptors (Lipinski definition) is 4. The first-order valence-corrected chi connectivity index (χ1v) is 5.88. The van der Waals surface area contributed by atoms with Crippen LogP contribution in [0.15, 0.2) is 23.4 Å². The number of rotatable bonds is 2. The third kappa shape index (κ3) is 4.67. The van der Waals surface area contributed by atoms with Crippen molar-refractivity contribution in [2.75, 3.05) is 5.32 Å². The monoisotopic (exact) mass is 285 g/mol. The lowest BCUT2D eigenvalue weighted by atomic mass is 10.2. The highest BCUT2D eigenvalue weighted by molar-refractivity contribution is 6.34. The van der Waals surface area contributed by atoms with Gasteiger partial charge in [0.15, 0.2) is 5.84 Å².